The maximum Gasteiger partial charge on any atom is 0.281 e. The van der Waals surface area contributed by atoms with Crippen molar-refractivity contribution in [2.45, 2.75) is 11.5 Å². The quantitative estimate of drug-likeness (QED) is 0.801. The van der Waals surface area contributed by atoms with Crippen molar-refractivity contribution in [2.24, 2.45) is 5.14 Å². The van der Waals surface area contributed by atoms with E-state index in [0.717, 1.165) is 6.07 Å². The Hall–Kier alpha value is -0.860. The molecule has 86 valence electrons. The van der Waals surface area contributed by atoms with Gasteiger partial charge < -0.3 is 0 Å². The fourth-order valence-electron chi connectivity index (χ4n) is 0.935. The van der Waals surface area contributed by atoms with E-state index in [4.69, 9.17) is 10.4 Å². The summed E-state index contributed by atoms with van der Waals surface area (Å²) in [6.07, 6.45) is -2.93. The van der Waals surface area contributed by atoms with Crippen LogP contribution in [0, 0.1) is 14.9 Å². The molecule has 0 fully saturated rings. The van der Waals surface area contributed by atoms with E-state index in [1.54, 1.807) is 22.6 Å². The molecule has 2 N–H and O–H groups in total. The Balaban J connectivity index is 3.62. The van der Waals surface area contributed by atoms with E-state index in [-0.39, 0.29) is 9.13 Å². The Kier molecular flexibility index (Phi) is 3.76. The van der Waals surface area contributed by atoms with Crippen molar-refractivity contribution >= 4 is 32.6 Å². The number of pyridine rings is 1. The highest BCUT2D eigenvalue weighted by Crippen LogP contribution is 2.25. The molecule has 1 rings (SSSR count). The Morgan fingerprint density at radius 2 is 2.12 bits per heavy atom. The number of nitrogens with zero attached hydrogens (tertiary/aromatic N) is 2. The average molecular weight is 359 g/mol. The van der Waals surface area contributed by atoms with Crippen molar-refractivity contribution in [3.63, 3.8) is 0 Å². The van der Waals surface area contributed by atoms with Gasteiger partial charge in [0.05, 0.1) is 5.56 Å². The number of aromatic nitrogens is 1. The highest BCUT2D eigenvalue weighted by Gasteiger charge is 2.22. The van der Waals surface area contributed by atoms with Crippen LogP contribution in [0.3, 0.4) is 0 Å². The van der Waals surface area contributed by atoms with Gasteiger partial charge in [-0.15, -0.1) is 0 Å². The average Bonchev–Trinajstić information content (AvgIpc) is 2.14. The molecule has 0 aliphatic rings. The summed E-state index contributed by atoms with van der Waals surface area (Å²) in [5.74, 6) is 0. The minimum absolute atomic E-state index is 0.0107. The first-order valence-electron chi connectivity index (χ1n) is 3.69. The van der Waals surface area contributed by atoms with Gasteiger partial charge in [-0.3, -0.25) is 0 Å². The maximum atomic E-state index is 12.4. The van der Waals surface area contributed by atoms with Gasteiger partial charge in [-0.05, 0) is 28.7 Å². The molecular formula is C7H4F2IN3O2S. The fourth-order valence-corrected chi connectivity index (χ4v) is 2.24. The van der Waals surface area contributed by atoms with Crippen molar-refractivity contribution in [1.82, 2.24) is 4.98 Å². The van der Waals surface area contributed by atoms with E-state index in [1.165, 1.54) is 6.07 Å². The molecule has 9 heteroatoms. The molecule has 16 heavy (non-hydrogen) atoms. The molecule has 0 aliphatic heterocycles. The van der Waals surface area contributed by atoms with E-state index >= 15 is 0 Å². The lowest BCUT2D eigenvalue weighted by molar-refractivity contribution is 0.144. The van der Waals surface area contributed by atoms with Crippen LogP contribution in [0.2, 0.25) is 0 Å². The molecule has 0 amide bonds. The number of alkyl halides is 2. The molecule has 1 heterocycles. The molecule has 0 bridgehead atoms. The molecular weight excluding hydrogens is 355 g/mol. The van der Waals surface area contributed by atoms with E-state index in [9.17, 15) is 17.2 Å². The van der Waals surface area contributed by atoms with Crippen molar-refractivity contribution in [1.29, 1.82) is 5.26 Å². The first-order chi connectivity index (χ1) is 7.27. The zero-order valence-electron chi connectivity index (χ0n) is 7.49. The molecule has 0 aliphatic carbocycles. The Labute approximate surface area is 103 Å². The summed E-state index contributed by atoms with van der Waals surface area (Å²) >= 11 is 1.54. The second-order valence-electron chi connectivity index (χ2n) is 2.67. The van der Waals surface area contributed by atoms with Crippen molar-refractivity contribution in [3.05, 3.63) is 20.9 Å². The first kappa shape index (κ1) is 13.2. The Bertz CT molecular complexity index is 568. The largest absolute Gasteiger partial charge is 0.281 e. The summed E-state index contributed by atoms with van der Waals surface area (Å²) in [4.78, 5) is 3.22. The molecule has 0 saturated heterocycles. The minimum atomic E-state index is -4.29. The van der Waals surface area contributed by atoms with Crippen LogP contribution in [0.1, 0.15) is 17.7 Å². The van der Waals surface area contributed by atoms with Crippen molar-refractivity contribution in [2.75, 3.05) is 0 Å². The molecule has 0 unspecified atom stereocenters. The van der Waals surface area contributed by atoms with Crippen LogP contribution in [0.5, 0.6) is 0 Å². The predicted octanol–water partition coefficient (Wildman–Crippen LogP) is 1.14. The number of sulfonamides is 1. The lowest BCUT2D eigenvalue weighted by Crippen LogP contribution is -2.17. The second kappa shape index (κ2) is 4.56. The fraction of sp³-hybridized carbons (Fsp3) is 0.143. The van der Waals surface area contributed by atoms with Gasteiger partial charge in [-0.1, -0.05) is 0 Å². The van der Waals surface area contributed by atoms with Crippen molar-refractivity contribution in [3.8, 4) is 6.07 Å². The van der Waals surface area contributed by atoms with Gasteiger partial charge in [-0.25, -0.2) is 27.3 Å². The monoisotopic (exact) mass is 359 g/mol. The predicted molar refractivity (Wildman–Crippen MR) is 58.0 cm³/mol. The molecule has 0 aromatic carbocycles. The van der Waals surface area contributed by atoms with Crippen LogP contribution in [-0.4, -0.2) is 13.4 Å². The minimum Gasteiger partial charge on any atom is -0.232 e. The number of halogens is 3. The lowest BCUT2D eigenvalue weighted by atomic mass is 10.3. The highest BCUT2D eigenvalue weighted by atomic mass is 127. The third-order valence-electron chi connectivity index (χ3n) is 1.56. The zero-order valence-corrected chi connectivity index (χ0v) is 10.5. The number of primary sulfonamides is 1. The molecule has 0 radical (unpaired) electrons. The third-order valence-corrected chi connectivity index (χ3v) is 3.28. The van der Waals surface area contributed by atoms with Crippen LogP contribution in [0.25, 0.3) is 0 Å². The second-order valence-corrected chi connectivity index (χ2v) is 5.30. The van der Waals surface area contributed by atoms with Crippen LogP contribution in [-0.2, 0) is 10.0 Å². The molecule has 0 atom stereocenters. The molecule has 1 aromatic heterocycles. The molecule has 0 saturated carbocycles. The normalized spacial score (nSPS) is 11.5. The zero-order chi connectivity index (χ0) is 12.5. The number of nitrogens with two attached hydrogens (primary N) is 1. The molecule has 0 spiro atoms. The van der Waals surface area contributed by atoms with E-state index < -0.39 is 27.2 Å². The third kappa shape index (κ3) is 2.63. The number of hydrogen-bond acceptors (Lipinski definition) is 4. The van der Waals surface area contributed by atoms with Gasteiger partial charge in [0.15, 0.2) is 5.03 Å². The summed E-state index contributed by atoms with van der Waals surface area (Å²) in [7, 11) is -4.29. The summed E-state index contributed by atoms with van der Waals surface area (Å²) in [5.41, 5.74) is -1.06. The lowest BCUT2D eigenvalue weighted by Gasteiger charge is -2.06. The number of rotatable bonds is 2. The molecule has 5 nitrogen and oxygen atoms in total. The highest BCUT2D eigenvalue weighted by molar-refractivity contribution is 14.1. The van der Waals surface area contributed by atoms with Crippen LogP contribution in [0.15, 0.2) is 11.1 Å². The maximum absolute atomic E-state index is 12.4. The van der Waals surface area contributed by atoms with E-state index in [1.807, 2.05) is 0 Å². The number of nitriles is 1. The Morgan fingerprint density at radius 1 is 1.56 bits per heavy atom. The van der Waals surface area contributed by atoms with Gasteiger partial charge in [0.2, 0.25) is 0 Å². The summed E-state index contributed by atoms with van der Waals surface area (Å²) < 4.78 is 46.9. The van der Waals surface area contributed by atoms with Crippen LogP contribution < -0.4 is 5.14 Å². The van der Waals surface area contributed by atoms with Gasteiger partial charge >= 0.3 is 0 Å². The van der Waals surface area contributed by atoms with E-state index in [0.29, 0.717) is 0 Å². The van der Waals surface area contributed by atoms with Gasteiger partial charge in [0, 0.05) is 3.57 Å². The molecule has 1 aromatic rings. The van der Waals surface area contributed by atoms with Gasteiger partial charge in [0.25, 0.3) is 16.4 Å². The summed E-state index contributed by atoms with van der Waals surface area (Å²) in [6, 6.07) is 2.55. The topological polar surface area (TPSA) is 96.8 Å². The summed E-state index contributed by atoms with van der Waals surface area (Å²) in [5, 5.41) is 12.6. The van der Waals surface area contributed by atoms with Gasteiger partial charge in [-0.2, -0.15) is 5.26 Å². The van der Waals surface area contributed by atoms with Crippen molar-refractivity contribution < 1.29 is 17.2 Å². The van der Waals surface area contributed by atoms with E-state index in [2.05, 4.69) is 4.98 Å². The van der Waals surface area contributed by atoms with Gasteiger partial charge in [0.1, 0.15) is 11.8 Å². The summed E-state index contributed by atoms with van der Waals surface area (Å²) in [6.45, 7) is 0. The SMILES string of the molecule is N#Cc1cc(I)c(C(F)F)nc1S(N)(=O)=O. The standard InChI is InChI=1S/C7H4F2IN3O2S/c8-6(9)5-4(10)1-3(2-11)7(13-5)16(12,14)15/h1,6H,(H2,12,14,15). The number of hydrogen-bond donors (Lipinski definition) is 1. The smallest absolute Gasteiger partial charge is 0.232 e. The Morgan fingerprint density at radius 3 is 2.50 bits per heavy atom. The van der Waals surface area contributed by atoms with Crippen LogP contribution >= 0.6 is 22.6 Å². The first-order valence-corrected chi connectivity index (χ1v) is 6.31. The van der Waals surface area contributed by atoms with Crippen LogP contribution in [0.4, 0.5) is 8.78 Å².